The molecule has 0 aromatic rings. The van der Waals surface area contributed by atoms with E-state index in [9.17, 15) is 14.4 Å². The summed E-state index contributed by atoms with van der Waals surface area (Å²) in [6.07, 6.45) is 48.9. The first-order valence-electron chi connectivity index (χ1n) is 23.8. The molecule has 0 aliphatic heterocycles. The molecule has 0 N–H and O–H groups in total. The van der Waals surface area contributed by atoms with Gasteiger partial charge in [0.15, 0.2) is 6.10 Å². The maximum absolute atomic E-state index is 12.7. The number of carbonyl (C=O) groups excluding carboxylic acids is 3. The minimum Gasteiger partial charge on any atom is -0.462 e. The quantitative estimate of drug-likeness (QED) is 0.0266. The van der Waals surface area contributed by atoms with Crippen LogP contribution in [0.5, 0.6) is 0 Å². The highest BCUT2D eigenvalue weighted by Gasteiger charge is 2.19. The number of rotatable bonds is 43. The molecule has 0 rings (SSSR count). The molecule has 0 bridgehead atoms. The maximum Gasteiger partial charge on any atom is 0.306 e. The molecule has 0 saturated carbocycles. The first-order valence-corrected chi connectivity index (χ1v) is 23.8. The van der Waals surface area contributed by atoms with Crippen molar-refractivity contribution in [2.45, 2.75) is 258 Å². The number of carbonyl (C=O) groups is 3. The Morgan fingerprint density at radius 3 is 1.09 bits per heavy atom. The SMILES string of the molecule is CC/C=C\C/C=C\CCCCC(=O)OCC(COC(=O)CCCCCCCCCCCCCCCCCCC)OC(=O)CCCCCCCCCCCCC. The molecular formula is C49H90O6. The van der Waals surface area contributed by atoms with E-state index >= 15 is 0 Å². The van der Waals surface area contributed by atoms with Gasteiger partial charge in [-0.2, -0.15) is 0 Å². The first-order chi connectivity index (χ1) is 27.0. The van der Waals surface area contributed by atoms with E-state index in [-0.39, 0.29) is 31.1 Å². The molecule has 0 spiro atoms. The van der Waals surface area contributed by atoms with Gasteiger partial charge >= 0.3 is 17.9 Å². The van der Waals surface area contributed by atoms with Gasteiger partial charge in [0.2, 0.25) is 0 Å². The lowest BCUT2D eigenvalue weighted by Gasteiger charge is -2.18. The van der Waals surface area contributed by atoms with Gasteiger partial charge in [-0.25, -0.2) is 0 Å². The Labute approximate surface area is 341 Å². The van der Waals surface area contributed by atoms with Crippen molar-refractivity contribution in [2.75, 3.05) is 13.2 Å². The Bertz CT molecular complexity index is 896. The third kappa shape index (κ3) is 42.9. The second-order valence-electron chi connectivity index (χ2n) is 16.0. The zero-order valence-electron chi connectivity index (χ0n) is 36.7. The van der Waals surface area contributed by atoms with Crippen molar-refractivity contribution in [3.8, 4) is 0 Å². The fourth-order valence-electron chi connectivity index (χ4n) is 6.89. The van der Waals surface area contributed by atoms with Crippen molar-refractivity contribution in [3.63, 3.8) is 0 Å². The summed E-state index contributed by atoms with van der Waals surface area (Å²) in [7, 11) is 0. The van der Waals surface area contributed by atoms with Crippen LogP contribution in [-0.2, 0) is 28.6 Å². The van der Waals surface area contributed by atoms with Crippen LogP contribution in [0.15, 0.2) is 24.3 Å². The van der Waals surface area contributed by atoms with Crippen LogP contribution < -0.4 is 0 Å². The van der Waals surface area contributed by atoms with Crippen molar-refractivity contribution in [3.05, 3.63) is 24.3 Å². The third-order valence-corrected chi connectivity index (χ3v) is 10.5. The molecule has 6 nitrogen and oxygen atoms in total. The molecule has 0 aliphatic carbocycles. The predicted molar refractivity (Wildman–Crippen MR) is 233 cm³/mol. The van der Waals surface area contributed by atoms with Crippen molar-refractivity contribution < 1.29 is 28.6 Å². The van der Waals surface area contributed by atoms with Crippen molar-refractivity contribution in [1.82, 2.24) is 0 Å². The van der Waals surface area contributed by atoms with Crippen molar-refractivity contribution in [2.24, 2.45) is 0 Å². The van der Waals surface area contributed by atoms with E-state index in [0.29, 0.717) is 19.3 Å². The molecule has 0 fully saturated rings. The summed E-state index contributed by atoms with van der Waals surface area (Å²) in [4.78, 5) is 37.7. The van der Waals surface area contributed by atoms with Gasteiger partial charge in [-0.3, -0.25) is 14.4 Å². The summed E-state index contributed by atoms with van der Waals surface area (Å²) in [5, 5.41) is 0. The highest BCUT2D eigenvalue weighted by molar-refractivity contribution is 5.71. The highest BCUT2D eigenvalue weighted by Crippen LogP contribution is 2.16. The molecule has 0 aromatic carbocycles. The Kier molecular flexibility index (Phi) is 42.9. The van der Waals surface area contributed by atoms with Gasteiger partial charge in [0.1, 0.15) is 13.2 Å². The molecule has 6 heteroatoms. The van der Waals surface area contributed by atoms with Gasteiger partial charge in [-0.15, -0.1) is 0 Å². The average molecular weight is 775 g/mol. The minimum absolute atomic E-state index is 0.0770. The van der Waals surface area contributed by atoms with Crippen LogP contribution in [0.4, 0.5) is 0 Å². The molecule has 0 aromatic heterocycles. The summed E-state index contributed by atoms with van der Waals surface area (Å²) in [6, 6.07) is 0. The van der Waals surface area contributed by atoms with Crippen LogP contribution in [0.25, 0.3) is 0 Å². The highest BCUT2D eigenvalue weighted by atomic mass is 16.6. The monoisotopic (exact) mass is 775 g/mol. The second kappa shape index (κ2) is 44.6. The summed E-state index contributed by atoms with van der Waals surface area (Å²) in [5.41, 5.74) is 0. The lowest BCUT2D eigenvalue weighted by molar-refractivity contribution is -0.167. The van der Waals surface area contributed by atoms with E-state index in [0.717, 1.165) is 70.6 Å². The van der Waals surface area contributed by atoms with Crippen LogP contribution in [0, 0.1) is 0 Å². The molecule has 0 saturated heterocycles. The standard InChI is InChI=1S/C49H90O6/c1-4-7-10-13-16-19-21-22-23-24-25-26-28-30-33-36-39-42-48(51)54-45-46(44-53-47(50)41-38-35-32-29-18-15-12-9-6-3)55-49(52)43-40-37-34-31-27-20-17-14-11-8-5-2/h9,12,18,29,46H,4-8,10-11,13-17,19-28,30-45H2,1-3H3/b12-9-,29-18-. The Hall–Kier alpha value is -2.11. The molecule has 1 unspecified atom stereocenters. The van der Waals surface area contributed by atoms with Gasteiger partial charge in [-0.05, 0) is 44.9 Å². The van der Waals surface area contributed by atoms with E-state index in [1.54, 1.807) is 0 Å². The number of unbranched alkanes of at least 4 members (excludes halogenated alkanes) is 28. The van der Waals surface area contributed by atoms with Gasteiger partial charge in [-0.1, -0.05) is 212 Å². The van der Waals surface area contributed by atoms with Crippen LogP contribution in [0.1, 0.15) is 252 Å². The molecule has 1 atom stereocenters. The molecular weight excluding hydrogens is 685 g/mol. The largest absolute Gasteiger partial charge is 0.462 e. The van der Waals surface area contributed by atoms with Crippen LogP contribution >= 0.6 is 0 Å². The van der Waals surface area contributed by atoms with E-state index in [4.69, 9.17) is 14.2 Å². The number of esters is 3. The second-order valence-corrected chi connectivity index (χ2v) is 16.0. The third-order valence-electron chi connectivity index (χ3n) is 10.5. The van der Waals surface area contributed by atoms with Gasteiger partial charge in [0.25, 0.3) is 0 Å². The molecule has 0 heterocycles. The van der Waals surface area contributed by atoms with E-state index in [2.05, 4.69) is 45.1 Å². The number of allylic oxidation sites excluding steroid dienone is 4. The summed E-state index contributed by atoms with van der Waals surface area (Å²) in [5.74, 6) is -0.908. The zero-order chi connectivity index (χ0) is 40.1. The normalized spacial score (nSPS) is 12.1. The number of ether oxygens (including phenoxy) is 3. The van der Waals surface area contributed by atoms with Gasteiger partial charge in [0.05, 0.1) is 0 Å². The molecule has 0 amide bonds. The fourth-order valence-corrected chi connectivity index (χ4v) is 6.89. The maximum atomic E-state index is 12.7. The lowest BCUT2D eigenvalue weighted by Crippen LogP contribution is -2.30. The number of hydrogen-bond acceptors (Lipinski definition) is 6. The van der Waals surface area contributed by atoms with E-state index in [1.165, 1.54) is 141 Å². The van der Waals surface area contributed by atoms with Crippen LogP contribution in [0.2, 0.25) is 0 Å². The fraction of sp³-hybridized carbons (Fsp3) is 0.857. The van der Waals surface area contributed by atoms with Crippen molar-refractivity contribution in [1.29, 1.82) is 0 Å². The number of hydrogen-bond donors (Lipinski definition) is 0. The summed E-state index contributed by atoms with van der Waals surface area (Å²) >= 11 is 0. The van der Waals surface area contributed by atoms with Crippen LogP contribution in [-0.4, -0.2) is 37.2 Å². The molecule has 322 valence electrons. The molecule has 0 aliphatic rings. The zero-order valence-corrected chi connectivity index (χ0v) is 36.7. The van der Waals surface area contributed by atoms with Crippen LogP contribution in [0.3, 0.4) is 0 Å². The van der Waals surface area contributed by atoms with E-state index < -0.39 is 6.10 Å². The topological polar surface area (TPSA) is 78.9 Å². The average Bonchev–Trinajstić information content (AvgIpc) is 3.18. The van der Waals surface area contributed by atoms with E-state index in [1.807, 2.05) is 0 Å². The first kappa shape index (κ1) is 52.9. The molecule has 55 heavy (non-hydrogen) atoms. The van der Waals surface area contributed by atoms with Gasteiger partial charge < -0.3 is 14.2 Å². The lowest BCUT2D eigenvalue weighted by atomic mass is 10.0. The Balaban J connectivity index is 4.27. The smallest absolute Gasteiger partial charge is 0.306 e. The Morgan fingerprint density at radius 2 is 0.709 bits per heavy atom. The van der Waals surface area contributed by atoms with Gasteiger partial charge in [0, 0.05) is 19.3 Å². The summed E-state index contributed by atoms with van der Waals surface area (Å²) < 4.78 is 16.7. The molecule has 0 radical (unpaired) electrons. The van der Waals surface area contributed by atoms with Crippen molar-refractivity contribution >= 4 is 17.9 Å². The Morgan fingerprint density at radius 1 is 0.382 bits per heavy atom. The summed E-state index contributed by atoms with van der Waals surface area (Å²) in [6.45, 7) is 6.49. The minimum atomic E-state index is -0.775. The predicted octanol–water partition coefficient (Wildman–Crippen LogP) is 15.2.